The van der Waals surface area contributed by atoms with E-state index in [0.29, 0.717) is 31.4 Å². The zero-order chi connectivity index (χ0) is 26.5. The van der Waals surface area contributed by atoms with Gasteiger partial charge in [-0.25, -0.2) is 0 Å². The number of hydrogen-bond acceptors (Lipinski definition) is 6. The van der Waals surface area contributed by atoms with Crippen LogP contribution in [0.4, 0.5) is 5.69 Å². The molecule has 0 unspecified atom stereocenters. The number of hydrogen-bond donors (Lipinski definition) is 1. The van der Waals surface area contributed by atoms with Gasteiger partial charge in [-0.2, -0.15) is 0 Å². The summed E-state index contributed by atoms with van der Waals surface area (Å²) in [6.07, 6.45) is 1.76. The molecule has 1 heterocycles. The molecule has 3 aromatic carbocycles. The van der Waals surface area contributed by atoms with Gasteiger partial charge in [-0.15, -0.1) is 0 Å². The first-order valence-corrected chi connectivity index (χ1v) is 13.1. The Balaban J connectivity index is 1.44. The van der Waals surface area contributed by atoms with E-state index in [0.717, 1.165) is 11.1 Å². The van der Waals surface area contributed by atoms with Crippen LogP contribution in [0.2, 0.25) is 10.0 Å². The summed E-state index contributed by atoms with van der Waals surface area (Å²) in [7, 11) is 1.50. The van der Waals surface area contributed by atoms with Gasteiger partial charge >= 0.3 is 0 Å². The molecule has 3 aromatic rings. The van der Waals surface area contributed by atoms with E-state index >= 15 is 0 Å². The van der Waals surface area contributed by atoms with Gasteiger partial charge in [-0.05, 0) is 48.4 Å². The molecular weight excluding hydrogens is 551 g/mol. The lowest BCUT2D eigenvalue weighted by molar-refractivity contribution is -0.123. The first-order valence-electron chi connectivity index (χ1n) is 11.1. The zero-order valence-electron chi connectivity index (χ0n) is 19.9. The SMILES string of the molecule is COc1cc(/C=C2\SC(=S)N([C@H](C)c3ccccc3)C2=O)ccc1OCC(=O)Nc1cccc(Cl)c1Cl. The number of carbonyl (C=O) groups is 2. The van der Waals surface area contributed by atoms with Crippen molar-refractivity contribution >= 4 is 75.1 Å². The summed E-state index contributed by atoms with van der Waals surface area (Å²) in [5, 5.41) is 3.25. The van der Waals surface area contributed by atoms with Crippen molar-refractivity contribution in [3.63, 3.8) is 0 Å². The van der Waals surface area contributed by atoms with Crippen molar-refractivity contribution in [2.45, 2.75) is 13.0 Å². The number of thiocarbonyl (C=S) groups is 1. The lowest BCUT2D eigenvalue weighted by Crippen LogP contribution is -2.30. The van der Waals surface area contributed by atoms with Crippen LogP contribution >= 0.6 is 47.2 Å². The molecule has 4 rings (SSSR count). The lowest BCUT2D eigenvalue weighted by Gasteiger charge is -2.23. The van der Waals surface area contributed by atoms with Crippen molar-refractivity contribution in [2.24, 2.45) is 0 Å². The number of nitrogens with one attached hydrogen (secondary N) is 1. The minimum atomic E-state index is -0.411. The van der Waals surface area contributed by atoms with E-state index in [1.807, 2.05) is 37.3 Å². The van der Waals surface area contributed by atoms with E-state index in [9.17, 15) is 9.59 Å². The fourth-order valence-electron chi connectivity index (χ4n) is 3.67. The van der Waals surface area contributed by atoms with Crippen molar-refractivity contribution in [2.75, 3.05) is 19.0 Å². The van der Waals surface area contributed by atoms with Gasteiger partial charge in [0.15, 0.2) is 18.1 Å². The van der Waals surface area contributed by atoms with Crippen LogP contribution in [0.5, 0.6) is 11.5 Å². The van der Waals surface area contributed by atoms with E-state index < -0.39 is 5.91 Å². The monoisotopic (exact) mass is 572 g/mol. The van der Waals surface area contributed by atoms with Crippen LogP contribution in [0.3, 0.4) is 0 Å². The van der Waals surface area contributed by atoms with Gasteiger partial charge in [0.1, 0.15) is 4.32 Å². The average molecular weight is 574 g/mol. The van der Waals surface area contributed by atoms with Crippen molar-refractivity contribution in [3.8, 4) is 11.5 Å². The minimum absolute atomic E-state index is 0.151. The first-order chi connectivity index (χ1) is 17.8. The van der Waals surface area contributed by atoms with Crippen molar-refractivity contribution in [1.82, 2.24) is 4.90 Å². The van der Waals surface area contributed by atoms with Crippen LogP contribution in [0.1, 0.15) is 24.1 Å². The number of thioether (sulfide) groups is 1. The maximum absolute atomic E-state index is 13.2. The van der Waals surface area contributed by atoms with Crippen molar-refractivity contribution < 1.29 is 19.1 Å². The minimum Gasteiger partial charge on any atom is -0.493 e. The number of anilines is 1. The number of benzene rings is 3. The second kappa shape index (κ2) is 12.0. The highest BCUT2D eigenvalue weighted by atomic mass is 35.5. The Morgan fingerprint density at radius 1 is 1.11 bits per heavy atom. The van der Waals surface area contributed by atoms with Crippen LogP contribution in [-0.4, -0.2) is 34.8 Å². The summed E-state index contributed by atoms with van der Waals surface area (Å²) >= 11 is 18.9. The Labute approximate surface area is 234 Å². The first kappa shape index (κ1) is 27.0. The summed E-state index contributed by atoms with van der Waals surface area (Å²) in [6.45, 7) is 1.68. The molecule has 6 nitrogen and oxygen atoms in total. The number of rotatable bonds is 8. The van der Waals surface area contributed by atoms with Gasteiger partial charge in [0.2, 0.25) is 0 Å². The molecule has 1 saturated heterocycles. The molecule has 1 aliphatic rings. The topological polar surface area (TPSA) is 67.9 Å². The van der Waals surface area contributed by atoms with Crippen LogP contribution in [-0.2, 0) is 9.59 Å². The summed E-state index contributed by atoms with van der Waals surface area (Å²) in [4.78, 5) is 27.7. The largest absolute Gasteiger partial charge is 0.493 e. The summed E-state index contributed by atoms with van der Waals surface area (Å²) in [5.74, 6) is 0.223. The summed E-state index contributed by atoms with van der Waals surface area (Å²) in [5.41, 5.74) is 2.13. The molecule has 190 valence electrons. The second-order valence-corrected chi connectivity index (χ2v) is 10.4. The zero-order valence-corrected chi connectivity index (χ0v) is 23.0. The number of methoxy groups -OCH3 is 1. The quantitative estimate of drug-likeness (QED) is 0.232. The molecule has 10 heteroatoms. The van der Waals surface area contributed by atoms with Gasteiger partial charge in [-0.1, -0.05) is 89.6 Å². The number of halogens is 2. The Morgan fingerprint density at radius 3 is 2.59 bits per heavy atom. The normalized spacial score (nSPS) is 15.1. The molecule has 0 aliphatic carbocycles. The Kier molecular flexibility index (Phi) is 8.76. The number of ether oxygens (including phenoxy) is 2. The Hall–Kier alpha value is -3.04. The fraction of sp³-hybridized carbons (Fsp3) is 0.148. The molecule has 0 saturated carbocycles. The molecule has 1 fully saturated rings. The predicted octanol–water partition coefficient (Wildman–Crippen LogP) is 6.98. The highest BCUT2D eigenvalue weighted by Gasteiger charge is 2.35. The van der Waals surface area contributed by atoms with Crippen LogP contribution < -0.4 is 14.8 Å². The molecule has 1 atom stereocenters. The molecule has 37 heavy (non-hydrogen) atoms. The fourth-order valence-corrected chi connectivity index (χ4v) is 5.44. The van der Waals surface area contributed by atoms with Gasteiger partial charge in [0, 0.05) is 0 Å². The average Bonchev–Trinajstić information content (AvgIpc) is 3.18. The summed E-state index contributed by atoms with van der Waals surface area (Å²) < 4.78 is 11.6. The maximum Gasteiger partial charge on any atom is 0.266 e. The van der Waals surface area contributed by atoms with E-state index in [1.54, 1.807) is 47.4 Å². The molecular formula is C27H22Cl2N2O4S2. The van der Waals surface area contributed by atoms with E-state index in [2.05, 4.69) is 5.32 Å². The van der Waals surface area contributed by atoms with Gasteiger partial charge in [0.25, 0.3) is 11.8 Å². The van der Waals surface area contributed by atoms with E-state index in [4.69, 9.17) is 44.9 Å². The Bertz CT molecular complexity index is 1380. The number of nitrogens with zero attached hydrogens (tertiary/aromatic N) is 1. The smallest absolute Gasteiger partial charge is 0.266 e. The molecule has 0 radical (unpaired) electrons. The van der Waals surface area contributed by atoms with Crippen molar-refractivity contribution in [1.29, 1.82) is 0 Å². The highest BCUT2D eigenvalue weighted by Crippen LogP contribution is 2.39. The predicted molar refractivity (Wildman–Crippen MR) is 153 cm³/mol. The van der Waals surface area contributed by atoms with Crippen LogP contribution in [0, 0.1) is 0 Å². The third-order valence-electron chi connectivity index (χ3n) is 5.56. The lowest BCUT2D eigenvalue weighted by atomic mass is 10.1. The van der Waals surface area contributed by atoms with E-state index in [-0.39, 0.29) is 23.6 Å². The molecule has 2 amide bonds. The highest BCUT2D eigenvalue weighted by molar-refractivity contribution is 8.26. The third-order valence-corrected chi connectivity index (χ3v) is 7.71. The third kappa shape index (κ3) is 6.27. The maximum atomic E-state index is 13.2. The molecule has 1 aliphatic heterocycles. The Morgan fingerprint density at radius 2 is 1.86 bits per heavy atom. The second-order valence-electron chi connectivity index (χ2n) is 7.99. The molecule has 0 aromatic heterocycles. The molecule has 0 bridgehead atoms. The number of carbonyl (C=O) groups excluding carboxylic acids is 2. The van der Waals surface area contributed by atoms with Crippen molar-refractivity contribution in [3.05, 3.63) is 92.8 Å². The molecule has 1 N–H and O–H groups in total. The standard InChI is InChI=1S/C27H22Cl2N2O4S2/c1-16(18-7-4-3-5-8-18)31-26(33)23(37-27(31)36)14-17-11-12-21(22(13-17)34-2)35-15-24(32)30-20-10-6-9-19(28)25(20)29/h3-14,16H,15H2,1-2H3,(H,30,32)/b23-14-/t16-/m1/s1. The van der Waals surface area contributed by atoms with Crippen LogP contribution in [0.15, 0.2) is 71.6 Å². The summed E-state index contributed by atoms with van der Waals surface area (Å²) in [6, 6.07) is 19.7. The van der Waals surface area contributed by atoms with Gasteiger partial charge in [-0.3, -0.25) is 14.5 Å². The van der Waals surface area contributed by atoms with Crippen LogP contribution in [0.25, 0.3) is 6.08 Å². The van der Waals surface area contributed by atoms with Gasteiger partial charge < -0.3 is 14.8 Å². The van der Waals surface area contributed by atoms with E-state index in [1.165, 1.54) is 18.9 Å². The molecule has 0 spiro atoms. The number of amides is 2. The van der Waals surface area contributed by atoms with Gasteiger partial charge in [0.05, 0.1) is 33.8 Å².